The van der Waals surface area contributed by atoms with E-state index >= 15 is 0 Å². The van der Waals surface area contributed by atoms with E-state index in [1.807, 2.05) is 26.0 Å². The second-order valence-corrected chi connectivity index (χ2v) is 11.9. The quantitative estimate of drug-likeness (QED) is 0.131. The van der Waals surface area contributed by atoms with Crippen LogP contribution in [-0.2, 0) is 6.42 Å². The predicted octanol–water partition coefficient (Wildman–Crippen LogP) is 9.26. The van der Waals surface area contributed by atoms with E-state index < -0.39 is 0 Å². The average Bonchev–Trinajstić information content (AvgIpc) is 2.95. The van der Waals surface area contributed by atoms with Crippen molar-refractivity contribution in [2.75, 3.05) is 11.1 Å². The average molecular weight is 561 g/mol. The molecule has 0 heterocycles. The van der Waals surface area contributed by atoms with E-state index in [4.69, 9.17) is 10.5 Å². The molecule has 0 saturated carbocycles. The Labute approximate surface area is 249 Å². The van der Waals surface area contributed by atoms with Gasteiger partial charge in [0.15, 0.2) is 17.3 Å². The first kappa shape index (κ1) is 29.1. The maximum atomic E-state index is 13.8. The summed E-state index contributed by atoms with van der Waals surface area (Å²) < 4.78 is 6.30. The summed E-state index contributed by atoms with van der Waals surface area (Å²) in [7, 11) is 0. The third-order valence-electron chi connectivity index (χ3n) is 8.03. The van der Waals surface area contributed by atoms with Crippen molar-refractivity contribution >= 4 is 28.6 Å². The van der Waals surface area contributed by atoms with E-state index in [0.717, 1.165) is 41.1 Å². The predicted molar refractivity (Wildman–Crippen MR) is 172 cm³/mol. The molecular formula is C37H40N2O3. The molecule has 0 amide bonds. The minimum absolute atomic E-state index is 0.162. The first-order chi connectivity index (χ1) is 20.1. The van der Waals surface area contributed by atoms with Gasteiger partial charge in [-0.3, -0.25) is 9.59 Å². The lowest BCUT2D eigenvalue weighted by molar-refractivity contribution is 0.0980. The van der Waals surface area contributed by atoms with Gasteiger partial charge in [0, 0.05) is 22.9 Å². The molecule has 0 bridgehead atoms. The maximum absolute atomic E-state index is 13.8. The van der Waals surface area contributed by atoms with Gasteiger partial charge in [0.1, 0.15) is 5.75 Å². The number of rotatable bonds is 10. The second kappa shape index (κ2) is 12.2. The lowest BCUT2D eigenvalue weighted by Gasteiger charge is -2.25. The Morgan fingerprint density at radius 3 is 2.02 bits per heavy atom. The highest BCUT2D eigenvalue weighted by Gasteiger charge is 2.35. The van der Waals surface area contributed by atoms with Gasteiger partial charge in [0.2, 0.25) is 0 Å². The van der Waals surface area contributed by atoms with Crippen molar-refractivity contribution in [3.05, 3.63) is 111 Å². The Morgan fingerprint density at radius 1 is 0.786 bits per heavy atom. The molecule has 1 aliphatic rings. The van der Waals surface area contributed by atoms with Crippen molar-refractivity contribution in [2.45, 2.75) is 66.7 Å². The highest BCUT2D eigenvalue weighted by atomic mass is 16.5. The molecule has 5 heteroatoms. The van der Waals surface area contributed by atoms with Crippen molar-refractivity contribution in [1.29, 1.82) is 0 Å². The third kappa shape index (κ3) is 5.96. The first-order valence-corrected chi connectivity index (χ1v) is 14.9. The molecule has 4 aromatic rings. The summed E-state index contributed by atoms with van der Waals surface area (Å²) in [4.78, 5) is 27.6. The summed E-state index contributed by atoms with van der Waals surface area (Å²) in [6.07, 6.45) is 5.95. The highest BCUT2D eigenvalue weighted by Crippen LogP contribution is 2.43. The summed E-state index contributed by atoms with van der Waals surface area (Å²) in [6.45, 7) is 10.6. The molecule has 42 heavy (non-hydrogen) atoms. The Balaban J connectivity index is 1.49. The van der Waals surface area contributed by atoms with Crippen LogP contribution >= 0.6 is 0 Å². The van der Waals surface area contributed by atoms with E-state index in [-0.39, 0.29) is 28.4 Å². The van der Waals surface area contributed by atoms with Gasteiger partial charge in [-0.2, -0.15) is 0 Å². The number of hydrogen-bond acceptors (Lipinski definition) is 5. The number of anilines is 3. The van der Waals surface area contributed by atoms with Crippen LogP contribution in [0.5, 0.6) is 11.5 Å². The molecule has 0 unspecified atom stereocenters. The van der Waals surface area contributed by atoms with Gasteiger partial charge < -0.3 is 15.8 Å². The van der Waals surface area contributed by atoms with Crippen LogP contribution in [0.25, 0.3) is 0 Å². The Morgan fingerprint density at radius 2 is 1.40 bits per heavy atom. The zero-order valence-electron chi connectivity index (χ0n) is 25.3. The number of ether oxygens (including phenoxy) is 1. The van der Waals surface area contributed by atoms with E-state index in [0.29, 0.717) is 28.3 Å². The third-order valence-corrected chi connectivity index (χ3v) is 8.03. The van der Waals surface area contributed by atoms with Crippen molar-refractivity contribution in [3.8, 4) is 11.5 Å². The molecule has 0 aromatic heterocycles. The molecule has 0 spiro atoms. The molecule has 0 radical (unpaired) electrons. The van der Waals surface area contributed by atoms with Crippen LogP contribution in [0.4, 0.5) is 17.1 Å². The van der Waals surface area contributed by atoms with Gasteiger partial charge in [-0.25, -0.2) is 0 Å². The molecule has 0 aliphatic heterocycles. The summed E-state index contributed by atoms with van der Waals surface area (Å²) in [6, 6.07) is 20.8. The number of benzene rings is 4. The van der Waals surface area contributed by atoms with Crippen molar-refractivity contribution in [1.82, 2.24) is 0 Å². The van der Waals surface area contributed by atoms with Crippen LogP contribution in [0.2, 0.25) is 0 Å². The zero-order valence-corrected chi connectivity index (χ0v) is 25.3. The monoisotopic (exact) mass is 560 g/mol. The molecule has 0 saturated heterocycles. The van der Waals surface area contributed by atoms with Crippen LogP contribution in [0.1, 0.15) is 93.6 Å². The number of carbonyl (C=O) groups is 2. The van der Waals surface area contributed by atoms with Gasteiger partial charge in [-0.1, -0.05) is 87.2 Å². The number of hydrogen-bond donors (Lipinski definition) is 2. The van der Waals surface area contributed by atoms with Gasteiger partial charge in [0.05, 0.1) is 22.5 Å². The lowest BCUT2D eigenvalue weighted by atomic mass is 9.82. The fourth-order valence-electron chi connectivity index (χ4n) is 5.90. The Kier molecular flexibility index (Phi) is 8.49. The topological polar surface area (TPSA) is 81.4 Å². The number of nitrogen functional groups attached to an aromatic ring is 1. The minimum atomic E-state index is -0.281. The normalized spacial score (nSPS) is 12.3. The molecule has 1 aliphatic carbocycles. The number of fused-ring (bicyclic) bond motifs is 2. The minimum Gasteiger partial charge on any atom is -0.455 e. The standard InChI is InChI=1S/C37H40N2O3/c1-22(2)11-7-6-8-12-26-15-17-27(18-16-26)42-31-21-30(39-35-24(4)19-23(3)20-25(35)5)32-33(34(31)38)37(41)29-14-10-9-13-28(29)36(32)40/h9-10,13-22,39H,6-8,11-12,38H2,1-5H3. The molecule has 216 valence electrons. The van der Waals surface area contributed by atoms with E-state index in [1.165, 1.54) is 24.8 Å². The van der Waals surface area contributed by atoms with E-state index in [2.05, 4.69) is 50.4 Å². The highest BCUT2D eigenvalue weighted by molar-refractivity contribution is 6.32. The maximum Gasteiger partial charge on any atom is 0.196 e. The van der Waals surface area contributed by atoms with Gasteiger partial charge in [-0.05, 0) is 68.4 Å². The molecule has 0 fully saturated rings. The van der Waals surface area contributed by atoms with Crippen LogP contribution in [0, 0.1) is 26.7 Å². The smallest absolute Gasteiger partial charge is 0.196 e. The molecule has 5 rings (SSSR count). The molecule has 5 nitrogen and oxygen atoms in total. The number of unbranched alkanes of at least 4 members (excludes halogenated alkanes) is 2. The van der Waals surface area contributed by atoms with Crippen LogP contribution in [0.15, 0.2) is 66.7 Å². The largest absolute Gasteiger partial charge is 0.455 e. The number of aryl methyl sites for hydroxylation is 4. The Hall–Kier alpha value is -4.38. The van der Waals surface area contributed by atoms with Gasteiger partial charge >= 0.3 is 0 Å². The summed E-state index contributed by atoms with van der Waals surface area (Å²) >= 11 is 0. The fourth-order valence-corrected chi connectivity index (χ4v) is 5.90. The lowest BCUT2D eigenvalue weighted by Crippen LogP contribution is -2.24. The number of nitrogens with one attached hydrogen (secondary N) is 1. The van der Waals surface area contributed by atoms with Crippen molar-refractivity contribution in [3.63, 3.8) is 0 Å². The summed E-state index contributed by atoms with van der Waals surface area (Å²) in [5, 5.41) is 3.47. The molecular weight excluding hydrogens is 520 g/mol. The van der Waals surface area contributed by atoms with Crippen LogP contribution < -0.4 is 15.8 Å². The van der Waals surface area contributed by atoms with E-state index in [9.17, 15) is 9.59 Å². The second-order valence-electron chi connectivity index (χ2n) is 11.9. The number of carbonyl (C=O) groups excluding carboxylic acids is 2. The van der Waals surface area contributed by atoms with Crippen molar-refractivity contribution in [2.24, 2.45) is 5.92 Å². The van der Waals surface area contributed by atoms with Crippen molar-refractivity contribution < 1.29 is 14.3 Å². The van der Waals surface area contributed by atoms with Crippen LogP contribution in [0.3, 0.4) is 0 Å². The number of nitrogens with two attached hydrogens (primary N) is 1. The van der Waals surface area contributed by atoms with Gasteiger partial charge in [-0.15, -0.1) is 0 Å². The SMILES string of the molecule is Cc1cc(C)c(Nc2cc(Oc3ccc(CCCCCC(C)C)cc3)c(N)c3c2C(=O)c2ccccc2C3=O)c(C)c1. The first-order valence-electron chi connectivity index (χ1n) is 14.9. The summed E-state index contributed by atoms with van der Waals surface area (Å²) in [5.74, 6) is 1.19. The molecule has 3 N–H and O–H groups in total. The summed E-state index contributed by atoms with van der Waals surface area (Å²) in [5.41, 5.74) is 13.8. The van der Waals surface area contributed by atoms with E-state index in [1.54, 1.807) is 30.3 Å². The Bertz CT molecular complexity index is 1630. The number of ketones is 2. The van der Waals surface area contributed by atoms with Gasteiger partial charge in [0.25, 0.3) is 0 Å². The molecule has 0 atom stereocenters. The zero-order chi connectivity index (χ0) is 30.0. The fraction of sp³-hybridized carbons (Fsp3) is 0.297. The van der Waals surface area contributed by atoms with Crippen LogP contribution in [-0.4, -0.2) is 11.6 Å². The molecule has 4 aromatic carbocycles.